The highest BCUT2D eigenvalue weighted by molar-refractivity contribution is 5.93. The van der Waals surface area contributed by atoms with Gasteiger partial charge in [0, 0.05) is 37.8 Å². The van der Waals surface area contributed by atoms with Gasteiger partial charge < -0.3 is 5.32 Å². The SMILES string of the molecule is Cc1ccccc1N(c1ccncc1)c1ncc(C(=O)NCCCCCCC(=O)NO)cn1. The fourth-order valence-corrected chi connectivity index (χ4v) is 3.35. The number of hydrogen-bond acceptors (Lipinski definition) is 7. The molecule has 3 rings (SSSR count). The molecule has 0 aliphatic rings. The van der Waals surface area contributed by atoms with E-state index in [1.54, 1.807) is 17.9 Å². The Morgan fingerprint density at radius 2 is 1.67 bits per heavy atom. The van der Waals surface area contributed by atoms with Crippen molar-refractivity contribution in [1.82, 2.24) is 25.7 Å². The van der Waals surface area contributed by atoms with E-state index in [0.29, 0.717) is 30.9 Å². The van der Waals surface area contributed by atoms with Crippen LogP contribution in [0, 0.1) is 6.92 Å². The van der Waals surface area contributed by atoms with Crippen molar-refractivity contribution < 1.29 is 14.8 Å². The summed E-state index contributed by atoms with van der Waals surface area (Å²) in [6, 6.07) is 11.7. The maximum atomic E-state index is 12.4. The van der Waals surface area contributed by atoms with Gasteiger partial charge in [-0.25, -0.2) is 15.4 Å². The number of para-hydroxylation sites is 1. The number of hydroxylamine groups is 1. The van der Waals surface area contributed by atoms with Crippen molar-refractivity contribution in [2.45, 2.75) is 39.0 Å². The molecule has 0 radical (unpaired) electrons. The summed E-state index contributed by atoms with van der Waals surface area (Å²) in [6.07, 6.45) is 10.0. The molecule has 33 heavy (non-hydrogen) atoms. The molecule has 0 aliphatic heterocycles. The van der Waals surface area contributed by atoms with Gasteiger partial charge in [0.05, 0.1) is 16.9 Å². The number of aromatic nitrogens is 3. The van der Waals surface area contributed by atoms with E-state index < -0.39 is 0 Å². The molecule has 9 heteroatoms. The molecule has 0 aliphatic carbocycles. The first kappa shape index (κ1) is 23.8. The average Bonchev–Trinajstić information content (AvgIpc) is 2.85. The molecular formula is C24H28N6O3. The minimum atomic E-state index is -0.378. The third-order valence-electron chi connectivity index (χ3n) is 5.12. The van der Waals surface area contributed by atoms with Crippen LogP contribution < -0.4 is 15.7 Å². The molecular weight excluding hydrogens is 420 g/mol. The Morgan fingerprint density at radius 3 is 2.36 bits per heavy atom. The van der Waals surface area contributed by atoms with Crippen molar-refractivity contribution >= 4 is 29.1 Å². The molecule has 3 aromatic rings. The second-order valence-corrected chi connectivity index (χ2v) is 7.55. The van der Waals surface area contributed by atoms with Crippen molar-refractivity contribution in [3.63, 3.8) is 0 Å². The zero-order valence-corrected chi connectivity index (χ0v) is 18.6. The first-order valence-electron chi connectivity index (χ1n) is 10.9. The zero-order valence-electron chi connectivity index (χ0n) is 18.6. The number of anilines is 3. The lowest BCUT2D eigenvalue weighted by Gasteiger charge is -2.24. The Morgan fingerprint density at radius 1 is 0.970 bits per heavy atom. The summed E-state index contributed by atoms with van der Waals surface area (Å²) in [5, 5.41) is 11.3. The van der Waals surface area contributed by atoms with Crippen LogP contribution in [0.2, 0.25) is 0 Å². The van der Waals surface area contributed by atoms with Gasteiger partial charge in [0.15, 0.2) is 0 Å². The summed E-state index contributed by atoms with van der Waals surface area (Å²) in [5.41, 5.74) is 4.88. The van der Waals surface area contributed by atoms with Crippen LogP contribution in [0.1, 0.15) is 48.0 Å². The Labute approximate surface area is 192 Å². The van der Waals surface area contributed by atoms with E-state index in [0.717, 1.165) is 36.2 Å². The molecule has 0 unspecified atom stereocenters. The Kier molecular flexibility index (Phi) is 8.84. The normalized spacial score (nSPS) is 10.5. The van der Waals surface area contributed by atoms with E-state index in [4.69, 9.17) is 5.21 Å². The molecule has 2 amide bonds. The van der Waals surface area contributed by atoms with E-state index in [2.05, 4.69) is 20.3 Å². The summed E-state index contributed by atoms with van der Waals surface area (Å²) in [6.45, 7) is 2.55. The number of aryl methyl sites for hydroxylation is 1. The summed E-state index contributed by atoms with van der Waals surface area (Å²) < 4.78 is 0. The summed E-state index contributed by atoms with van der Waals surface area (Å²) in [4.78, 5) is 38.3. The summed E-state index contributed by atoms with van der Waals surface area (Å²) in [7, 11) is 0. The van der Waals surface area contributed by atoms with Gasteiger partial charge in [0.1, 0.15) is 0 Å². The minimum Gasteiger partial charge on any atom is -0.352 e. The summed E-state index contributed by atoms with van der Waals surface area (Å²) in [5.74, 6) is -0.150. The van der Waals surface area contributed by atoms with Gasteiger partial charge in [-0.05, 0) is 43.5 Å². The Balaban J connectivity index is 1.60. The van der Waals surface area contributed by atoms with Crippen molar-refractivity contribution in [2.24, 2.45) is 0 Å². The van der Waals surface area contributed by atoms with Gasteiger partial charge in [-0.15, -0.1) is 0 Å². The Bertz CT molecular complexity index is 1040. The number of unbranched alkanes of at least 4 members (excludes halogenated alkanes) is 3. The highest BCUT2D eigenvalue weighted by Crippen LogP contribution is 2.33. The lowest BCUT2D eigenvalue weighted by molar-refractivity contribution is -0.129. The van der Waals surface area contributed by atoms with Gasteiger partial charge in [-0.3, -0.25) is 24.7 Å². The van der Waals surface area contributed by atoms with E-state index >= 15 is 0 Å². The minimum absolute atomic E-state index is 0.229. The number of carbonyl (C=O) groups excluding carboxylic acids is 2. The third kappa shape index (κ3) is 6.81. The number of nitrogens with zero attached hydrogens (tertiary/aromatic N) is 4. The molecule has 1 aromatic carbocycles. The van der Waals surface area contributed by atoms with Gasteiger partial charge in [0.2, 0.25) is 11.9 Å². The van der Waals surface area contributed by atoms with Crippen LogP contribution in [0.25, 0.3) is 0 Å². The smallest absolute Gasteiger partial charge is 0.254 e. The van der Waals surface area contributed by atoms with E-state index in [1.807, 2.05) is 48.2 Å². The maximum Gasteiger partial charge on any atom is 0.254 e. The van der Waals surface area contributed by atoms with E-state index in [-0.39, 0.29) is 11.8 Å². The van der Waals surface area contributed by atoms with Crippen LogP contribution in [-0.4, -0.2) is 38.5 Å². The first-order valence-corrected chi connectivity index (χ1v) is 10.9. The maximum absolute atomic E-state index is 12.4. The van der Waals surface area contributed by atoms with Gasteiger partial charge in [-0.2, -0.15) is 0 Å². The largest absolute Gasteiger partial charge is 0.352 e. The van der Waals surface area contributed by atoms with Gasteiger partial charge in [-0.1, -0.05) is 31.0 Å². The molecule has 0 saturated carbocycles. The van der Waals surface area contributed by atoms with E-state index in [1.165, 1.54) is 12.4 Å². The predicted molar refractivity (Wildman–Crippen MR) is 125 cm³/mol. The van der Waals surface area contributed by atoms with Gasteiger partial charge in [0.25, 0.3) is 5.91 Å². The lowest BCUT2D eigenvalue weighted by Crippen LogP contribution is -2.25. The van der Waals surface area contributed by atoms with Crippen LogP contribution in [0.15, 0.2) is 61.2 Å². The first-order chi connectivity index (χ1) is 16.1. The fraction of sp³-hybridized carbons (Fsp3) is 0.292. The van der Waals surface area contributed by atoms with E-state index in [9.17, 15) is 9.59 Å². The number of pyridine rings is 1. The number of rotatable bonds is 11. The van der Waals surface area contributed by atoms with Crippen LogP contribution >= 0.6 is 0 Å². The topological polar surface area (TPSA) is 120 Å². The Hall–Kier alpha value is -3.85. The highest BCUT2D eigenvalue weighted by Gasteiger charge is 2.17. The second-order valence-electron chi connectivity index (χ2n) is 7.55. The van der Waals surface area contributed by atoms with Crippen LogP contribution in [0.3, 0.4) is 0 Å². The number of nitrogens with one attached hydrogen (secondary N) is 2. The predicted octanol–water partition coefficient (Wildman–Crippen LogP) is 3.84. The zero-order chi connectivity index (χ0) is 23.5. The molecule has 2 heterocycles. The lowest BCUT2D eigenvalue weighted by atomic mass is 10.1. The van der Waals surface area contributed by atoms with Crippen LogP contribution in [0.5, 0.6) is 0 Å². The summed E-state index contributed by atoms with van der Waals surface area (Å²) >= 11 is 0. The molecule has 0 bridgehead atoms. The number of benzene rings is 1. The number of carbonyl (C=O) groups is 2. The molecule has 0 atom stereocenters. The van der Waals surface area contributed by atoms with Crippen molar-refractivity contribution in [2.75, 3.05) is 11.4 Å². The monoisotopic (exact) mass is 448 g/mol. The highest BCUT2D eigenvalue weighted by atomic mass is 16.5. The van der Waals surface area contributed by atoms with Gasteiger partial charge >= 0.3 is 0 Å². The average molecular weight is 449 g/mol. The molecule has 2 aromatic heterocycles. The number of amides is 2. The van der Waals surface area contributed by atoms with Crippen molar-refractivity contribution in [3.8, 4) is 0 Å². The third-order valence-corrected chi connectivity index (χ3v) is 5.12. The molecule has 172 valence electrons. The van der Waals surface area contributed by atoms with Crippen LogP contribution in [-0.2, 0) is 4.79 Å². The fourth-order valence-electron chi connectivity index (χ4n) is 3.35. The second kappa shape index (κ2) is 12.3. The molecule has 0 spiro atoms. The number of hydrogen-bond donors (Lipinski definition) is 3. The standard InChI is InChI=1S/C24H28N6O3/c1-18-8-5-6-9-21(18)30(20-11-14-25-15-12-20)24-27-16-19(17-28-24)23(32)26-13-7-3-2-4-10-22(31)29-33/h5-6,8-9,11-12,14-17,33H,2-4,7,10,13H2,1H3,(H,26,32)(H,29,31). The van der Waals surface area contributed by atoms with Crippen molar-refractivity contribution in [1.29, 1.82) is 0 Å². The quantitative estimate of drug-likeness (QED) is 0.232. The molecule has 0 fully saturated rings. The molecule has 9 nitrogen and oxygen atoms in total. The molecule has 3 N–H and O–H groups in total. The van der Waals surface area contributed by atoms with Crippen LogP contribution in [0.4, 0.5) is 17.3 Å². The molecule has 0 saturated heterocycles. The van der Waals surface area contributed by atoms with Crippen molar-refractivity contribution in [3.05, 3.63) is 72.3 Å².